The zero-order valence-corrected chi connectivity index (χ0v) is 19.6. The zero-order valence-electron chi connectivity index (χ0n) is 19.6. The summed E-state index contributed by atoms with van der Waals surface area (Å²) in [4.78, 5) is 15.6. The van der Waals surface area contributed by atoms with Crippen molar-refractivity contribution in [2.45, 2.75) is 75.5 Å². The quantitative estimate of drug-likeness (QED) is 0.692. The monoisotopic (exact) mass is 445 g/mol. The third kappa shape index (κ3) is 3.72. The van der Waals surface area contributed by atoms with E-state index in [4.69, 9.17) is 4.74 Å². The number of nitrogens with zero attached hydrogens (tertiary/aromatic N) is 1. The SMILES string of the molecule is CC(Oc1cccc2c1[C@]13CCN(CC4CC4)[C@H](C2)[C@@H]1CCC(=O)C3)C(O)c1ccccc1. The highest BCUT2D eigenvalue weighted by Gasteiger charge is 2.57. The fourth-order valence-electron chi connectivity index (χ4n) is 7.11. The van der Waals surface area contributed by atoms with Crippen LogP contribution in [-0.2, 0) is 16.6 Å². The van der Waals surface area contributed by atoms with E-state index in [0.717, 1.165) is 49.5 Å². The molecule has 4 nitrogen and oxygen atoms in total. The van der Waals surface area contributed by atoms with Gasteiger partial charge in [0.15, 0.2) is 0 Å². The molecule has 5 atom stereocenters. The summed E-state index contributed by atoms with van der Waals surface area (Å²) in [5.41, 5.74) is 3.39. The molecule has 2 aromatic rings. The summed E-state index contributed by atoms with van der Waals surface area (Å²) in [5, 5.41) is 10.9. The average molecular weight is 446 g/mol. The smallest absolute Gasteiger partial charge is 0.133 e. The second-order valence-corrected chi connectivity index (χ2v) is 10.9. The number of rotatable bonds is 6. The van der Waals surface area contributed by atoms with Crippen LogP contribution >= 0.6 is 0 Å². The number of likely N-dealkylation sites (tertiary alicyclic amines) is 1. The van der Waals surface area contributed by atoms with Gasteiger partial charge in [0.1, 0.15) is 23.7 Å². The molecular formula is C29H35NO3. The molecule has 0 amide bonds. The van der Waals surface area contributed by atoms with E-state index < -0.39 is 6.10 Å². The van der Waals surface area contributed by atoms with Gasteiger partial charge in [-0.2, -0.15) is 0 Å². The molecule has 1 N–H and O–H groups in total. The van der Waals surface area contributed by atoms with Crippen LogP contribution in [0, 0.1) is 11.8 Å². The van der Waals surface area contributed by atoms with E-state index in [0.29, 0.717) is 24.2 Å². The Kier molecular flexibility index (Phi) is 5.34. The van der Waals surface area contributed by atoms with Gasteiger partial charge in [-0.3, -0.25) is 9.69 Å². The maximum Gasteiger partial charge on any atom is 0.133 e. The first-order chi connectivity index (χ1) is 16.0. The number of aliphatic hydroxyl groups excluding tert-OH is 1. The molecule has 0 aromatic heterocycles. The van der Waals surface area contributed by atoms with Gasteiger partial charge in [-0.1, -0.05) is 42.5 Å². The summed E-state index contributed by atoms with van der Waals surface area (Å²) < 4.78 is 6.53. The molecule has 174 valence electrons. The van der Waals surface area contributed by atoms with Crippen molar-refractivity contribution < 1.29 is 14.6 Å². The summed E-state index contributed by atoms with van der Waals surface area (Å²) in [6.07, 6.45) is 6.16. The van der Waals surface area contributed by atoms with Gasteiger partial charge in [-0.15, -0.1) is 0 Å². The largest absolute Gasteiger partial charge is 0.487 e. The Balaban J connectivity index is 1.35. The molecular weight excluding hydrogens is 410 g/mol. The van der Waals surface area contributed by atoms with Gasteiger partial charge in [0.2, 0.25) is 0 Å². The Morgan fingerprint density at radius 3 is 2.73 bits per heavy atom. The molecule has 4 heteroatoms. The van der Waals surface area contributed by atoms with Gasteiger partial charge in [0.25, 0.3) is 0 Å². The number of piperidine rings is 1. The molecule has 1 aliphatic heterocycles. The van der Waals surface area contributed by atoms with Crippen molar-refractivity contribution in [3.05, 3.63) is 65.2 Å². The van der Waals surface area contributed by atoms with Crippen molar-refractivity contribution in [2.24, 2.45) is 11.8 Å². The van der Waals surface area contributed by atoms with Crippen LogP contribution in [-0.4, -0.2) is 41.0 Å². The first-order valence-electron chi connectivity index (χ1n) is 12.8. The van der Waals surface area contributed by atoms with Crippen LogP contribution in [0.25, 0.3) is 0 Å². The highest BCUT2D eigenvalue weighted by molar-refractivity contribution is 5.82. The number of hydrogen-bond acceptors (Lipinski definition) is 4. The van der Waals surface area contributed by atoms with Crippen LogP contribution < -0.4 is 4.74 Å². The lowest BCUT2D eigenvalue weighted by Crippen LogP contribution is -2.62. The second-order valence-electron chi connectivity index (χ2n) is 10.9. The third-order valence-electron chi connectivity index (χ3n) is 8.86. The standard InChI is InChI=1S/C29H35NO3/c1-19(28(32)21-6-3-2-4-7-21)33-26-9-5-8-22-16-25-24-13-12-23(31)17-29(24,27(22)26)14-15-30(25)18-20-10-11-20/h2-9,19-20,24-25,28,32H,10-18H2,1H3/t19?,24-,25+,28?,29-/m0/s1. The van der Waals surface area contributed by atoms with Crippen LogP contribution in [0.3, 0.4) is 0 Å². The molecule has 3 fully saturated rings. The summed E-state index contributed by atoms with van der Waals surface area (Å²) in [5.74, 6) is 2.69. The number of hydrogen-bond donors (Lipinski definition) is 1. The molecule has 3 aliphatic carbocycles. The zero-order chi connectivity index (χ0) is 22.6. The molecule has 1 heterocycles. The molecule has 2 saturated carbocycles. The first-order valence-corrected chi connectivity index (χ1v) is 12.8. The van der Waals surface area contributed by atoms with Gasteiger partial charge in [0, 0.05) is 36.4 Å². The Hall–Kier alpha value is -2.17. The van der Waals surface area contributed by atoms with Crippen LogP contribution in [0.2, 0.25) is 0 Å². The minimum Gasteiger partial charge on any atom is -0.487 e. The lowest BCUT2D eigenvalue weighted by Gasteiger charge is -2.59. The summed E-state index contributed by atoms with van der Waals surface area (Å²) in [7, 11) is 0. The Morgan fingerprint density at radius 1 is 1.12 bits per heavy atom. The minimum atomic E-state index is -0.694. The molecule has 2 aromatic carbocycles. The maximum absolute atomic E-state index is 12.8. The normalized spacial score (nSPS) is 30.8. The number of aliphatic hydroxyl groups is 1. The van der Waals surface area contributed by atoms with Gasteiger partial charge in [-0.25, -0.2) is 0 Å². The lowest BCUT2D eigenvalue weighted by atomic mass is 9.52. The van der Waals surface area contributed by atoms with Crippen LogP contribution in [0.5, 0.6) is 5.75 Å². The topological polar surface area (TPSA) is 49.8 Å². The highest BCUT2D eigenvalue weighted by atomic mass is 16.5. The first kappa shape index (κ1) is 21.4. The van der Waals surface area contributed by atoms with Gasteiger partial charge < -0.3 is 9.84 Å². The van der Waals surface area contributed by atoms with Crippen molar-refractivity contribution >= 4 is 5.78 Å². The van der Waals surface area contributed by atoms with Crippen LogP contribution in [0.1, 0.15) is 68.2 Å². The fourth-order valence-corrected chi connectivity index (χ4v) is 7.11. The Bertz CT molecular complexity index is 1030. The summed E-state index contributed by atoms with van der Waals surface area (Å²) in [6, 6.07) is 16.7. The van der Waals surface area contributed by atoms with E-state index in [2.05, 4.69) is 23.1 Å². The number of Topliss-reactive ketones (excluding diaryl/α,β-unsaturated/α-hetero) is 1. The van der Waals surface area contributed by atoms with E-state index in [1.54, 1.807) is 0 Å². The summed E-state index contributed by atoms with van der Waals surface area (Å²) >= 11 is 0. The van der Waals surface area contributed by atoms with Crippen molar-refractivity contribution in [1.82, 2.24) is 4.90 Å². The number of ketones is 1. The molecule has 2 unspecified atom stereocenters. The van der Waals surface area contributed by atoms with E-state index in [9.17, 15) is 9.90 Å². The number of fused-ring (bicyclic) bond motifs is 1. The molecule has 1 saturated heterocycles. The number of carbonyl (C=O) groups is 1. The Labute approximate surface area is 196 Å². The second kappa shape index (κ2) is 8.25. The van der Waals surface area contributed by atoms with Gasteiger partial charge >= 0.3 is 0 Å². The number of ether oxygens (including phenoxy) is 1. The van der Waals surface area contributed by atoms with Crippen molar-refractivity contribution in [3.63, 3.8) is 0 Å². The number of carbonyl (C=O) groups excluding carboxylic acids is 1. The van der Waals surface area contributed by atoms with Crippen molar-refractivity contribution in [2.75, 3.05) is 13.1 Å². The van der Waals surface area contributed by atoms with E-state index >= 15 is 0 Å². The molecule has 2 bridgehead atoms. The molecule has 33 heavy (non-hydrogen) atoms. The predicted octanol–water partition coefficient (Wildman–Crippen LogP) is 4.83. The number of benzene rings is 2. The van der Waals surface area contributed by atoms with E-state index in [1.165, 1.54) is 30.5 Å². The van der Waals surface area contributed by atoms with Gasteiger partial charge in [0.05, 0.1) is 0 Å². The van der Waals surface area contributed by atoms with Crippen molar-refractivity contribution in [3.8, 4) is 5.75 Å². The van der Waals surface area contributed by atoms with Crippen LogP contribution in [0.15, 0.2) is 48.5 Å². The Morgan fingerprint density at radius 2 is 1.94 bits per heavy atom. The highest BCUT2D eigenvalue weighted by Crippen LogP contribution is 2.57. The molecule has 0 spiro atoms. The fraction of sp³-hybridized carbons (Fsp3) is 0.552. The maximum atomic E-state index is 12.8. The van der Waals surface area contributed by atoms with E-state index in [1.807, 2.05) is 37.3 Å². The predicted molar refractivity (Wildman–Crippen MR) is 128 cm³/mol. The van der Waals surface area contributed by atoms with Crippen molar-refractivity contribution in [1.29, 1.82) is 0 Å². The minimum absolute atomic E-state index is 0.109. The lowest BCUT2D eigenvalue weighted by molar-refractivity contribution is -0.127. The van der Waals surface area contributed by atoms with Gasteiger partial charge in [-0.05, 0) is 74.6 Å². The van der Waals surface area contributed by atoms with Crippen LogP contribution in [0.4, 0.5) is 0 Å². The average Bonchev–Trinajstić information content (AvgIpc) is 3.64. The third-order valence-corrected chi connectivity index (χ3v) is 8.86. The molecule has 4 aliphatic rings. The van der Waals surface area contributed by atoms with E-state index in [-0.39, 0.29) is 11.5 Å². The summed E-state index contributed by atoms with van der Waals surface area (Å²) in [6.45, 7) is 4.26. The molecule has 0 radical (unpaired) electrons. The molecule has 6 rings (SSSR count).